The Hall–Kier alpha value is -1.85. The van der Waals surface area contributed by atoms with Gasteiger partial charge in [-0.3, -0.25) is 9.80 Å². The Bertz CT molecular complexity index is 574. The van der Waals surface area contributed by atoms with Crippen molar-refractivity contribution < 1.29 is 9.53 Å². The molecule has 2 saturated heterocycles. The number of hydrogen-bond donors (Lipinski definition) is 0. The van der Waals surface area contributed by atoms with Crippen LogP contribution in [0.15, 0.2) is 36.4 Å². The van der Waals surface area contributed by atoms with E-state index in [0.29, 0.717) is 12.6 Å². The summed E-state index contributed by atoms with van der Waals surface area (Å²) in [5, 5.41) is 0. The van der Waals surface area contributed by atoms with Gasteiger partial charge in [0.15, 0.2) is 0 Å². The van der Waals surface area contributed by atoms with Gasteiger partial charge in [-0.1, -0.05) is 42.5 Å². The van der Waals surface area contributed by atoms with E-state index in [-0.39, 0.29) is 6.09 Å². The van der Waals surface area contributed by atoms with Gasteiger partial charge < -0.3 is 9.64 Å². The lowest BCUT2D eigenvalue weighted by Crippen LogP contribution is -2.53. The van der Waals surface area contributed by atoms with Crippen molar-refractivity contribution in [2.75, 3.05) is 52.4 Å². The number of rotatable bonds is 5. The number of amides is 1. The Morgan fingerprint density at radius 1 is 1.08 bits per heavy atom. The number of nitrogens with zero attached hydrogens (tertiary/aromatic N) is 3. The van der Waals surface area contributed by atoms with Crippen LogP contribution in [-0.2, 0) is 4.74 Å². The summed E-state index contributed by atoms with van der Waals surface area (Å²) in [6.45, 7) is 9.48. The van der Waals surface area contributed by atoms with Crippen molar-refractivity contribution in [2.24, 2.45) is 0 Å². The van der Waals surface area contributed by atoms with Gasteiger partial charge in [0.25, 0.3) is 0 Å². The standard InChI is InChI=1S/C21H31N3O2/c1-2-26-21(25)24-13-10-20(11-14-24)23-17-15-22(16-18-23)12-6-9-19-7-4-3-5-8-19/h3-9,20H,2,10-18H2,1H3/b9-6+. The average molecular weight is 357 g/mol. The van der Waals surface area contributed by atoms with Crippen molar-refractivity contribution in [1.29, 1.82) is 0 Å². The van der Waals surface area contributed by atoms with E-state index in [1.54, 1.807) is 0 Å². The average Bonchev–Trinajstić information content (AvgIpc) is 2.70. The number of piperazine rings is 1. The first kappa shape index (κ1) is 18.9. The molecule has 3 rings (SSSR count). The lowest BCUT2D eigenvalue weighted by atomic mass is 10.0. The van der Waals surface area contributed by atoms with Gasteiger partial charge in [-0.15, -0.1) is 0 Å². The second-order valence-corrected chi connectivity index (χ2v) is 7.07. The molecule has 0 N–H and O–H groups in total. The fourth-order valence-electron chi connectivity index (χ4n) is 3.84. The number of benzene rings is 1. The molecule has 0 unspecified atom stereocenters. The zero-order valence-electron chi connectivity index (χ0n) is 15.8. The third-order valence-electron chi connectivity index (χ3n) is 5.39. The highest BCUT2D eigenvalue weighted by Crippen LogP contribution is 2.19. The zero-order valence-corrected chi connectivity index (χ0v) is 15.8. The van der Waals surface area contributed by atoms with Crippen molar-refractivity contribution in [3.63, 3.8) is 0 Å². The van der Waals surface area contributed by atoms with Crippen LogP contribution in [0.2, 0.25) is 0 Å². The molecule has 5 heteroatoms. The first-order valence-electron chi connectivity index (χ1n) is 9.86. The van der Waals surface area contributed by atoms with E-state index >= 15 is 0 Å². The van der Waals surface area contributed by atoms with Gasteiger partial charge in [0.2, 0.25) is 0 Å². The molecule has 2 aliphatic rings. The molecule has 0 aromatic heterocycles. The summed E-state index contributed by atoms with van der Waals surface area (Å²) in [5.41, 5.74) is 1.26. The van der Waals surface area contributed by atoms with Crippen LogP contribution < -0.4 is 0 Å². The molecular weight excluding hydrogens is 326 g/mol. The van der Waals surface area contributed by atoms with Crippen LogP contribution in [-0.4, -0.2) is 79.3 Å². The molecule has 5 nitrogen and oxygen atoms in total. The second-order valence-electron chi connectivity index (χ2n) is 7.07. The Labute approximate surface area is 157 Å². The van der Waals surface area contributed by atoms with Crippen LogP contribution in [0.1, 0.15) is 25.3 Å². The first-order valence-corrected chi connectivity index (χ1v) is 9.86. The van der Waals surface area contributed by atoms with E-state index in [1.165, 1.54) is 5.56 Å². The van der Waals surface area contributed by atoms with Crippen LogP contribution in [0.25, 0.3) is 6.08 Å². The summed E-state index contributed by atoms with van der Waals surface area (Å²) in [4.78, 5) is 18.8. The molecule has 1 aromatic carbocycles. The number of hydrogen-bond acceptors (Lipinski definition) is 4. The van der Waals surface area contributed by atoms with Gasteiger partial charge in [0, 0.05) is 51.9 Å². The maximum atomic E-state index is 11.8. The summed E-state index contributed by atoms with van der Waals surface area (Å²) < 4.78 is 5.11. The summed E-state index contributed by atoms with van der Waals surface area (Å²) in [6.07, 6.45) is 6.45. The highest BCUT2D eigenvalue weighted by atomic mass is 16.6. The Morgan fingerprint density at radius 3 is 2.42 bits per heavy atom. The number of likely N-dealkylation sites (tertiary alicyclic amines) is 1. The zero-order chi connectivity index (χ0) is 18.2. The molecular formula is C21H31N3O2. The molecule has 142 valence electrons. The van der Waals surface area contributed by atoms with Crippen LogP contribution in [0.5, 0.6) is 0 Å². The highest BCUT2D eigenvalue weighted by molar-refractivity contribution is 5.67. The van der Waals surface area contributed by atoms with E-state index in [9.17, 15) is 4.79 Å². The Kier molecular flexibility index (Phi) is 7.09. The normalized spacial score (nSPS) is 20.6. The molecule has 0 spiro atoms. The van der Waals surface area contributed by atoms with Gasteiger partial charge in [0.1, 0.15) is 0 Å². The predicted octanol–water partition coefficient (Wildman–Crippen LogP) is 2.94. The maximum Gasteiger partial charge on any atom is 0.409 e. The molecule has 2 heterocycles. The minimum Gasteiger partial charge on any atom is -0.450 e. The summed E-state index contributed by atoms with van der Waals surface area (Å²) in [5.74, 6) is 0. The number of carbonyl (C=O) groups excluding carboxylic acids is 1. The fourth-order valence-corrected chi connectivity index (χ4v) is 3.84. The quantitative estimate of drug-likeness (QED) is 0.812. The lowest BCUT2D eigenvalue weighted by molar-refractivity contribution is 0.0532. The van der Waals surface area contributed by atoms with E-state index < -0.39 is 0 Å². The van der Waals surface area contributed by atoms with Crippen molar-refractivity contribution in [2.45, 2.75) is 25.8 Å². The van der Waals surface area contributed by atoms with Crippen LogP contribution in [0, 0.1) is 0 Å². The van der Waals surface area contributed by atoms with Crippen molar-refractivity contribution in [3.05, 3.63) is 42.0 Å². The molecule has 0 aliphatic carbocycles. The second kappa shape index (κ2) is 9.74. The Balaban J connectivity index is 1.36. The Morgan fingerprint density at radius 2 is 1.77 bits per heavy atom. The van der Waals surface area contributed by atoms with E-state index in [4.69, 9.17) is 4.74 Å². The molecule has 0 radical (unpaired) electrons. The maximum absolute atomic E-state index is 11.8. The summed E-state index contributed by atoms with van der Waals surface area (Å²) >= 11 is 0. The molecule has 0 bridgehead atoms. The fraction of sp³-hybridized carbons (Fsp3) is 0.571. The number of carbonyl (C=O) groups is 1. The molecule has 0 atom stereocenters. The number of ether oxygens (including phenoxy) is 1. The van der Waals surface area contributed by atoms with Gasteiger partial charge in [-0.05, 0) is 25.3 Å². The molecule has 1 aromatic rings. The minimum absolute atomic E-state index is 0.152. The summed E-state index contributed by atoms with van der Waals surface area (Å²) in [7, 11) is 0. The first-order chi connectivity index (χ1) is 12.8. The SMILES string of the molecule is CCOC(=O)N1CCC(N2CCN(C/C=C/c3ccccc3)CC2)CC1. The predicted molar refractivity (Wildman–Crippen MR) is 105 cm³/mol. The van der Waals surface area contributed by atoms with E-state index in [0.717, 1.165) is 58.7 Å². The monoisotopic (exact) mass is 357 g/mol. The van der Waals surface area contributed by atoms with Crippen molar-refractivity contribution >= 4 is 12.2 Å². The van der Waals surface area contributed by atoms with Crippen molar-refractivity contribution in [1.82, 2.24) is 14.7 Å². The highest BCUT2D eigenvalue weighted by Gasteiger charge is 2.29. The van der Waals surface area contributed by atoms with Gasteiger partial charge in [-0.2, -0.15) is 0 Å². The lowest BCUT2D eigenvalue weighted by Gasteiger charge is -2.42. The molecule has 1 amide bonds. The van der Waals surface area contributed by atoms with E-state index in [2.05, 4.69) is 46.2 Å². The van der Waals surface area contributed by atoms with Crippen LogP contribution in [0.4, 0.5) is 4.79 Å². The van der Waals surface area contributed by atoms with Gasteiger partial charge in [-0.25, -0.2) is 4.79 Å². The third-order valence-corrected chi connectivity index (χ3v) is 5.39. The number of piperidine rings is 1. The van der Waals surface area contributed by atoms with Crippen LogP contribution >= 0.6 is 0 Å². The van der Waals surface area contributed by atoms with Crippen molar-refractivity contribution in [3.8, 4) is 0 Å². The molecule has 2 fully saturated rings. The van der Waals surface area contributed by atoms with Crippen LogP contribution in [0.3, 0.4) is 0 Å². The topological polar surface area (TPSA) is 36.0 Å². The summed E-state index contributed by atoms with van der Waals surface area (Å²) in [6, 6.07) is 11.1. The molecule has 26 heavy (non-hydrogen) atoms. The third kappa shape index (κ3) is 5.32. The molecule has 2 aliphatic heterocycles. The largest absolute Gasteiger partial charge is 0.450 e. The minimum atomic E-state index is -0.152. The van der Waals surface area contributed by atoms with E-state index in [1.807, 2.05) is 17.9 Å². The van der Waals surface area contributed by atoms with Gasteiger partial charge in [0.05, 0.1) is 6.61 Å². The molecule has 0 saturated carbocycles. The smallest absolute Gasteiger partial charge is 0.409 e. The van der Waals surface area contributed by atoms with Gasteiger partial charge >= 0.3 is 6.09 Å².